The van der Waals surface area contributed by atoms with Crippen LogP contribution in [-0.2, 0) is 25.3 Å². The van der Waals surface area contributed by atoms with Gasteiger partial charge in [-0.15, -0.1) is 0 Å². The standard InChI is InChI=1S/C26H37NO6Si/c1-20(28)33-25(22-12-14-23(15-13-22)27(29)30)18-24(31-19-21-10-8-7-9-11-21)16-17-32-34(5,6)26(2,3)4/h7-15,24-25H,16-19H2,1-6H3. The minimum atomic E-state index is -1.91. The van der Waals surface area contributed by atoms with Gasteiger partial charge in [0.15, 0.2) is 8.32 Å². The second kappa shape index (κ2) is 12.2. The number of non-ortho nitro benzene ring substituents is 1. The van der Waals surface area contributed by atoms with E-state index in [1.807, 2.05) is 30.3 Å². The summed E-state index contributed by atoms with van der Waals surface area (Å²) in [5.74, 6) is -0.414. The highest BCUT2D eigenvalue weighted by molar-refractivity contribution is 6.74. The normalized spacial score (nSPS) is 13.8. The third-order valence-corrected chi connectivity index (χ3v) is 10.8. The van der Waals surface area contributed by atoms with Gasteiger partial charge in [-0.2, -0.15) is 0 Å². The van der Waals surface area contributed by atoms with Crippen molar-refractivity contribution >= 4 is 20.0 Å². The van der Waals surface area contributed by atoms with Crippen molar-refractivity contribution in [2.45, 2.75) is 77.5 Å². The van der Waals surface area contributed by atoms with Crippen LogP contribution in [0.1, 0.15) is 57.8 Å². The number of nitro groups is 1. The summed E-state index contributed by atoms with van der Waals surface area (Å²) in [6, 6.07) is 16.0. The van der Waals surface area contributed by atoms with Crippen molar-refractivity contribution in [1.29, 1.82) is 0 Å². The maximum absolute atomic E-state index is 11.8. The van der Waals surface area contributed by atoms with Gasteiger partial charge in [0.25, 0.3) is 5.69 Å². The first-order valence-electron chi connectivity index (χ1n) is 11.6. The summed E-state index contributed by atoms with van der Waals surface area (Å²) in [6.45, 7) is 13.4. The Labute approximate surface area is 203 Å². The second-order valence-electron chi connectivity index (χ2n) is 10.00. The van der Waals surface area contributed by atoms with Gasteiger partial charge in [0, 0.05) is 32.1 Å². The van der Waals surface area contributed by atoms with E-state index in [0.29, 0.717) is 31.6 Å². The number of ether oxygens (including phenoxy) is 2. The molecule has 2 aromatic carbocycles. The molecule has 8 heteroatoms. The average molecular weight is 488 g/mol. The molecular formula is C26H37NO6Si. The zero-order valence-corrected chi connectivity index (χ0v) is 22.1. The molecule has 0 saturated heterocycles. The van der Waals surface area contributed by atoms with E-state index in [1.54, 1.807) is 12.1 Å². The lowest BCUT2D eigenvalue weighted by Gasteiger charge is -2.36. The lowest BCUT2D eigenvalue weighted by atomic mass is 10.0. The Hall–Kier alpha value is -2.55. The molecule has 0 aliphatic carbocycles. The molecule has 0 amide bonds. The quantitative estimate of drug-likeness (QED) is 0.145. The van der Waals surface area contributed by atoms with E-state index < -0.39 is 25.3 Å². The van der Waals surface area contributed by atoms with Crippen LogP contribution in [0, 0.1) is 10.1 Å². The van der Waals surface area contributed by atoms with Crippen molar-refractivity contribution in [1.82, 2.24) is 0 Å². The van der Waals surface area contributed by atoms with Gasteiger partial charge >= 0.3 is 5.97 Å². The summed E-state index contributed by atoms with van der Waals surface area (Å²) in [4.78, 5) is 22.4. The van der Waals surface area contributed by atoms with Crippen LogP contribution in [0.15, 0.2) is 54.6 Å². The van der Waals surface area contributed by atoms with E-state index in [0.717, 1.165) is 5.56 Å². The van der Waals surface area contributed by atoms with Crippen LogP contribution in [0.25, 0.3) is 0 Å². The van der Waals surface area contributed by atoms with Crippen molar-refractivity contribution in [2.24, 2.45) is 0 Å². The van der Waals surface area contributed by atoms with Crippen LogP contribution >= 0.6 is 0 Å². The predicted molar refractivity (Wildman–Crippen MR) is 135 cm³/mol. The van der Waals surface area contributed by atoms with Gasteiger partial charge < -0.3 is 13.9 Å². The molecule has 0 spiro atoms. The minimum Gasteiger partial charge on any atom is -0.458 e. The van der Waals surface area contributed by atoms with Gasteiger partial charge in [-0.1, -0.05) is 51.1 Å². The first-order valence-corrected chi connectivity index (χ1v) is 14.5. The number of hydrogen-bond donors (Lipinski definition) is 0. The second-order valence-corrected chi connectivity index (χ2v) is 14.8. The summed E-state index contributed by atoms with van der Waals surface area (Å²) in [7, 11) is -1.91. The average Bonchev–Trinajstić information content (AvgIpc) is 2.76. The van der Waals surface area contributed by atoms with Crippen LogP contribution in [0.4, 0.5) is 5.69 Å². The molecule has 0 heterocycles. The maximum atomic E-state index is 11.8. The summed E-state index contributed by atoms with van der Waals surface area (Å²) in [5.41, 5.74) is 1.74. The molecule has 34 heavy (non-hydrogen) atoms. The SMILES string of the molecule is CC(=O)OC(CC(CCO[Si](C)(C)C(C)(C)C)OCc1ccccc1)c1ccc([N+](=O)[O-])cc1. The van der Waals surface area contributed by atoms with E-state index in [2.05, 4.69) is 33.9 Å². The fourth-order valence-electron chi connectivity index (χ4n) is 3.22. The monoisotopic (exact) mass is 487 g/mol. The fourth-order valence-corrected chi connectivity index (χ4v) is 4.28. The Balaban J connectivity index is 2.17. The number of benzene rings is 2. The fraction of sp³-hybridized carbons (Fsp3) is 0.500. The first kappa shape index (κ1) is 27.7. The van der Waals surface area contributed by atoms with Crippen molar-refractivity contribution in [3.05, 3.63) is 75.8 Å². The molecule has 0 bridgehead atoms. The van der Waals surface area contributed by atoms with Crippen molar-refractivity contribution in [3.63, 3.8) is 0 Å². The minimum absolute atomic E-state index is 0.00928. The highest BCUT2D eigenvalue weighted by Crippen LogP contribution is 2.37. The van der Waals surface area contributed by atoms with E-state index >= 15 is 0 Å². The largest absolute Gasteiger partial charge is 0.458 e. The molecule has 2 atom stereocenters. The van der Waals surface area contributed by atoms with E-state index in [1.165, 1.54) is 19.1 Å². The number of esters is 1. The molecule has 0 aliphatic rings. The highest BCUT2D eigenvalue weighted by atomic mass is 28.4. The van der Waals surface area contributed by atoms with Crippen molar-refractivity contribution < 1.29 is 23.6 Å². The summed E-state index contributed by atoms with van der Waals surface area (Å²) >= 11 is 0. The van der Waals surface area contributed by atoms with Crippen LogP contribution in [0.3, 0.4) is 0 Å². The molecule has 0 aromatic heterocycles. The Morgan fingerprint density at radius 3 is 2.21 bits per heavy atom. The van der Waals surface area contributed by atoms with Crippen LogP contribution in [-0.4, -0.2) is 31.9 Å². The first-order chi connectivity index (χ1) is 15.9. The molecule has 2 rings (SSSR count). The van der Waals surface area contributed by atoms with Gasteiger partial charge in [0.1, 0.15) is 6.10 Å². The third-order valence-electron chi connectivity index (χ3n) is 6.30. The van der Waals surface area contributed by atoms with E-state index in [4.69, 9.17) is 13.9 Å². The lowest BCUT2D eigenvalue weighted by Crippen LogP contribution is -2.41. The molecule has 0 N–H and O–H groups in total. The Bertz CT molecular complexity index is 925. The molecule has 186 valence electrons. The number of carbonyl (C=O) groups excluding carboxylic acids is 1. The zero-order chi connectivity index (χ0) is 25.4. The lowest BCUT2D eigenvalue weighted by molar-refractivity contribution is -0.384. The number of nitro benzene ring substituents is 1. The molecule has 0 radical (unpaired) electrons. The summed E-state index contributed by atoms with van der Waals surface area (Å²) < 4.78 is 18.2. The summed E-state index contributed by atoms with van der Waals surface area (Å²) in [6.07, 6.45) is 0.256. The van der Waals surface area contributed by atoms with Crippen LogP contribution in [0.2, 0.25) is 18.1 Å². The molecule has 0 fully saturated rings. The molecule has 2 aromatic rings. The van der Waals surface area contributed by atoms with Gasteiger partial charge in [-0.25, -0.2) is 0 Å². The molecule has 0 aliphatic heterocycles. The number of hydrogen-bond acceptors (Lipinski definition) is 6. The number of rotatable bonds is 12. The predicted octanol–water partition coefficient (Wildman–Crippen LogP) is 6.59. The van der Waals surface area contributed by atoms with Gasteiger partial charge in [-0.05, 0) is 47.8 Å². The smallest absolute Gasteiger partial charge is 0.303 e. The van der Waals surface area contributed by atoms with Crippen LogP contribution < -0.4 is 0 Å². The Morgan fingerprint density at radius 1 is 1.06 bits per heavy atom. The van der Waals surface area contributed by atoms with Gasteiger partial charge in [0.2, 0.25) is 0 Å². The Morgan fingerprint density at radius 2 is 1.68 bits per heavy atom. The Kier molecular flexibility index (Phi) is 9.97. The van der Waals surface area contributed by atoms with E-state index in [9.17, 15) is 14.9 Å². The van der Waals surface area contributed by atoms with Crippen molar-refractivity contribution in [2.75, 3.05) is 6.61 Å². The number of nitrogens with zero attached hydrogens (tertiary/aromatic N) is 1. The van der Waals surface area contributed by atoms with Gasteiger partial charge in [0.05, 0.1) is 17.6 Å². The molecular weight excluding hydrogens is 450 g/mol. The molecule has 2 unspecified atom stereocenters. The third kappa shape index (κ3) is 8.66. The molecule has 0 saturated carbocycles. The topological polar surface area (TPSA) is 87.9 Å². The maximum Gasteiger partial charge on any atom is 0.303 e. The van der Waals surface area contributed by atoms with Gasteiger partial charge in [-0.3, -0.25) is 14.9 Å². The highest BCUT2D eigenvalue weighted by Gasteiger charge is 2.37. The zero-order valence-electron chi connectivity index (χ0n) is 21.1. The van der Waals surface area contributed by atoms with E-state index in [-0.39, 0.29) is 16.8 Å². The summed E-state index contributed by atoms with van der Waals surface area (Å²) in [5, 5.41) is 11.1. The van der Waals surface area contributed by atoms with Crippen LogP contribution in [0.5, 0.6) is 0 Å². The number of carbonyl (C=O) groups is 1. The van der Waals surface area contributed by atoms with Crippen molar-refractivity contribution in [3.8, 4) is 0 Å². The molecule has 7 nitrogen and oxygen atoms in total.